The van der Waals surface area contributed by atoms with Crippen LogP contribution in [-0.4, -0.2) is 45.3 Å². The topological polar surface area (TPSA) is 42.0 Å². The standard InChI is InChI=1S/C13H15FN2O3/c14-12-9-18-6-4-15(12)10-2-1-3-11(8-10)16-5-7-19-13(16)17/h1-3,8,12H,4-7,9H2/t12-/m1/s1. The van der Waals surface area contributed by atoms with Crippen molar-refractivity contribution in [1.82, 2.24) is 0 Å². The van der Waals surface area contributed by atoms with E-state index < -0.39 is 6.30 Å². The molecule has 1 atom stereocenters. The number of hydrogen-bond donors (Lipinski definition) is 0. The lowest BCUT2D eigenvalue weighted by Gasteiger charge is -2.32. The van der Waals surface area contributed by atoms with Crippen LogP contribution in [0.15, 0.2) is 24.3 Å². The van der Waals surface area contributed by atoms with E-state index in [2.05, 4.69) is 0 Å². The van der Waals surface area contributed by atoms with Gasteiger partial charge in [-0.1, -0.05) is 6.07 Å². The summed E-state index contributed by atoms with van der Waals surface area (Å²) < 4.78 is 23.8. The molecule has 2 fully saturated rings. The molecule has 19 heavy (non-hydrogen) atoms. The summed E-state index contributed by atoms with van der Waals surface area (Å²) in [5.41, 5.74) is 1.49. The second-order valence-electron chi connectivity index (χ2n) is 4.49. The Bertz CT molecular complexity index is 483. The Morgan fingerprint density at radius 1 is 1.21 bits per heavy atom. The van der Waals surface area contributed by atoms with Gasteiger partial charge in [-0.2, -0.15) is 0 Å². The molecule has 2 aliphatic heterocycles. The van der Waals surface area contributed by atoms with Gasteiger partial charge in [0.1, 0.15) is 6.61 Å². The molecule has 0 aliphatic carbocycles. The van der Waals surface area contributed by atoms with Crippen molar-refractivity contribution < 1.29 is 18.7 Å². The number of halogens is 1. The van der Waals surface area contributed by atoms with E-state index >= 15 is 0 Å². The molecule has 0 radical (unpaired) electrons. The van der Waals surface area contributed by atoms with E-state index in [1.54, 1.807) is 9.80 Å². The average Bonchev–Trinajstić information content (AvgIpc) is 2.86. The van der Waals surface area contributed by atoms with Crippen LogP contribution >= 0.6 is 0 Å². The number of carbonyl (C=O) groups excluding carboxylic acids is 1. The fourth-order valence-corrected chi connectivity index (χ4v) is 2.33. The van der Waals surface area contributed by atoms with Crippen LogP contribution in [0.1, 0.15) is 0 Å². The summed E-state index contributed by atoms with van der Waals surface area (Å²) in [6.07, 6.45) is -1.49. The highest BCUT2D eigenvalue weighted by Crippen LogP contribution is 2.27. The van der Waals surface area contributed by atoms with Gasteiger partial charge >= 0.3 is 6.09 Å². The summed E-state index contributed by atoms with van der Waals surface area (Å²) in [5.74, 6) is 0. The summed E-state index contributed by atoms with van der Waals surface area (Å²) in [7, 11) is 0. The molecule has 1 amide bonds. The van der Waals surface area contributed by atoms with Crippen LogP contribution in [0.4, 0.5) is 20.6 Å². The number of cyclic esters (lactones) is 1. The molecule has 0 bridgehead atoms. The summed E-state index contributed by atoms with van der Waals surface area (Å²) in [6.45, 7) is 2.03. The lowest BCUT2D eigenvalue weighted by atomic mass is 10.2. The number of amides is 1. The minimum absolute atomic E-state index is 0.0793. The van der Waals surface area contributed by atoms with E-state index in [9.17, 15) is 9.18 Å². The van der Waals surface area contributed by atoms with Crippen LogP contribution < -0.4 is 9.80 Å². The van der Waals surface area contributed by atoms with Crippen LogP contribution in [0, 0.1) is 0 Å². The highest BCUT2D eigenvalue weighted by Gasteiger charge is 2.26. The summed E-state index contributed by atoms with van der Waals surface area (Å²) in [5, 5.41) is 0. The minimum atomic E-state index is -1.14. The van der Waals surface area contributed by atoms with Crippen molar-refractivity contribution in [3.05, 3.63) is 24.3 Å². The van der Waals surface area contributed by atoms with Crippen LogP contribution in [0.25, 0.3) is 0 Å². The number of benzene rings is 1. The number of alkyl halides is 1. The predicted molar refractivity (Wildman–Crippen MR) is 68.2 cm³/mol. The van der Waals surface area contributed by atoms with Crippen molar-refractivity contribution in [3.63, 3.8) is 0 Å². The van der Waals surface area contributed by atoms with E-state index in [4.69, 9.17) is 9.47 Å². The normalized spacial score (nSPS) is 23.6. The molecule has 102 valence electrons. The van der Waals surface area contributed by atoms with Crippen molar-refractivity contribution in [2.45, 2.75) is 6.30 Å². The second-order valence-corrected chi connectivity index (χ2v) is 4.49. The quantitative estimate of drug-likeness (QED) is 0.765. The predicted octanol–water partition coefficient (Wildman–Crippen LogP) is 1.78. The zero-order valence-electron chi connectivity index (χ0n) is 10.4. The van der Waals surface area contributed by atoms with Crippen LogP contribution in [0.3, 0.4) is 0 Å². The molecule has 1 aromatic rings. The molecule has 1 aromatic carbocycles. The first-order valence-corrected chi connectivity index (χ1v) is 6.28. The van der Waals surface area contributed by atoms with Crippen LogP contribution in [0.5, 0.6) is 0 Å². The van der Waals surface area contributed by atoms with E-state index in [1.165, 1.54) is 0 Å². The largest absolute Gasteiger partial charge is 0.447 e. The van der Waals surface area contributed by atoms with Gasteiger partial charge in [-0.25, -0.2) is 9.18 Å². The molecule has 0 N–H and O–H groups in total. The van der Waals surface area contributed by atoms with Gasteiger partial charge < -0.3 is 14.4 Å². The third-order valence-corrected chi connectivity index (χ3v) is 3.30. The summed E-state index contributed by atoms with van der Waals surface area (Å²) in [6, 6.07) is 7.29. The SMILES string of the molecule is O=C1OCCN1c1cccc(N2CCOC[C@@H]2F)c1. The average molecular weight is 266 g/mol. The molecule has 0 spiro atoms. The first kappa shape index (κ1) is 12.2. The first-order chi connectivity index (χ1) is 9.25. The number of ether oxygens (including phenoxy) is 2. The summed E-state index contributed by atoms with van der Waals surface area (Å²) in [4.78, 5) is 14.7. The highest BCUT2D eigenvalue weighted by molar-refractivity contribution is 5.90. The minimum Gasteiger partial charge on any atom is -0.447 e. The Labute approximate surface area is 110 Å². The fraction of sp³-hybridized carbons (Fsp3) is 0.462. The Kier molecular flexibility index (Phi) is 3.25. The number of morpholine rings is 1. The first-order valence-electron chi connectivity index (χ1n) is 6.28. The highest BCUT2D eigenvalue weighted by atomic mass is 19.1. The Morgan fingerprint density at radius 3 is 2.79 bits per heavy atom. The van der Waals surface area contributed by atoms with Crippen molar-refractivity contribution in [2.24, 2.45) is 0 Å². The van der Waals surface area contributed by atoms with E-state index in [0.717, 1.165) is 11.4 Å². The molecular formula is C13H15FN2O3. The van der Waals surface area contributed by atoms with Crippen molar-refractivity contribution in [3.8, 4) is 0 Å². The lowest BCUT2D eigenvalue weighted by molar-refractivity contribution is 0.0497. The number of anilines is 2. The second kappa shape index (κ2) is 5.05. The molecule has 2 heterocycles. The number of hydrogen-bond acceptors (Lipinski definition) is 4. The molecule has 6 heteroatoms. The van der Waals surface area contributed by atoms with E-state index in [-0.39, 0.29) is 12.7 Å². The van der Waals surface area contributed by atoms with Gasteiger partial charge in [0.2, 0.25) is 0 Å². The Morgan fingerprint density at radius 2 is 2.05 bits per heavy atom. The molecule has 3 rings (SSSR count). The number of carbonyl (C=O) groups is 1. The van der Waals surface area contributed by atoms with Crippen molar-refractivity contribution in [1.29, 1.82) is 0 Å². The van der Waals surface area contributed by atoms with Gasteiger partial charge in [-0.3, -0.25) is 4.90 Å². The van der Waals surface area contributed by atoms with Crippen LogP contribution in [-0.2, 0) is 9.47 Å². The van der Waals surface area contributed by atoms with E-state index in [1.807, 2.05) is 24.3 Å². The Hall–Kier alpha value is -1.82. The maximum absolute atomic E-state index is 13.8. The third-order valence-electron chi connectivity index (χ3n) is 3.30. The third kappa shape index (κ3) is 2.35. The molecule has 0 aromatic heterocycles. The number of nitrogens with zero attached hydrogens (tertiary/aromatic N) is 2. The molecular weight excluding hydrogens is 251 g/mol. The monoisotopic (exact) mass is 266 g/mol. The van der Waals surface area contributed by atoms with Gasteiger partial charge in [-0.05, 0) is 18.2 Å². The van der Waals surface area contributed by atoms with Crippen molar-refractivity contribution >= 4 is 17.5 Å². The number of rotatable bonds is 2. The summed E-state index contributed by atoms with van der Waals surface area (Å²) >= 11 is 0. The van der Waals surface area contributed by atoms with Gasteiger partial charge in [-0.15, -0.1) is 0 Å². The van der Waals surface area contributed by atoms with Crippen LogP contribution in [0.2, 0.25) is 0 Å². The van der Waals surface area contributed by atoms with Gasteiger partial charge in [0.05, 0.1) is 19.8 Å². The molecule has 2 saturated heterocycles. The molecule has 5 nitrogen and oxygen atoms in total. The maximum Gasteiger partial charge on any atom is 0.414 e. The molecule has 2 aliphatic rings. The maximum atomic E-state index is 13.8. The molecule has 0 saturated carbocycles. The molecule has 0 unspecified atom stereocenters. The Balaban J connectivity index is 1.85. The van der Waals surface area contributed by atoms with Gasteiger partial charge in [0, 0.05) is 17.9 Å². The van der Waals surface area contributed by atoms with Gasteiger partial charge in [0.25, 0.3) is 0 Å². The smallest absolute Gasteiger partial charge is 0.414 e. The zero-order valence-corrected chi connectivity index (χ0v) is 10.4. The van der Waals surface area contributed by atoms with Crippen molar-refractivity contribution in [2.75, 3.05) is 42.7 Å². The lowest BCUT2D eigenvalue weighted by Crippen LogP contribution is -2.42. The van der Waals surface area contributed by atoms with Gasteiger partial charge in [0.15, 0.2) is 6.30 Å². The van der Waals surface area contributed by atoms with E-state index in [0.29, 0.717) is 26.3 Å². The fourth-order valence-electron chi connectivity index (χ4n) is 2.33. The zero-order chi connectivity index (χ0) is 13.2.